The number of carbonyl (C=O) groups is 1. The smallest absolute Gasteiger partial charge is 0.253 e. The van der Waals surface area contributed by atoms with Crippen molar-refractivity contribution in [3.63, 3.8) is 0 Å². The largest absolute Gasteiger partial charge is 0.339 e. The molecule has 2 saturated heterocycles. The molecule has 2 aliphatic rings. The van der Waals surface area contributed by atoms with Gasteiger partial charge < -0.3 is 10.2 Å². The lowest BCUT2D eigenvalue weighted by atomic mass is 10.2. The molecule has 0 bridgehead atoms. The van der Waals surface area contributed by atoms with Gasteiger partial charge in [-0.3, -0.25) is 4.79 Å². The van der Waals surface area contributed by atoms with Gasteiger partial charge in [-0.2, -0.15) is 4.31 Å². The highest BCUT2D eigenvalue weighted by atomic mass is 32.2. The first-order chi connectivity index (χ1) is 10.5. The van der Waals surface area contributed by atoms with Crippen molar-refractivity contribution in [2.45, 2.75) is 30.0 Å². The number of nitrogens with one attached hydrogen (secondary N) is 1. The van der Waals surface area contributed by atoms with Gasteiger partial charge in [-0.05, 0) is 31.9 Å². The zero-order chi connectivity index (χ0) is 15.7. The molecular weight excluding hydrogens is 322 g/mol. The van der Waals surface area contributed by atoms with E-state index in [9.17, 15) is 13.2 Å². The van der Waals surface area contributed by atoms with E-state index >= 15 is 0 Å². The quantitative estimate of drug-likeness (QED) is 0.874. The Morgan fingerprint density at radius 2 is 2.00 bits per heavy atom. The maximum atomic E-state index is 12.8. The second-order valence-electron chi connectivity index (χ2n) is 5.71. The van der Waals surface area contributed by atoms with E-state index in [0.717, 1.165) is 24.4 Å². The Morgan fingerprint density at radius 1 is 1.27 bits per heavy atom. The van der Waals surface area contributed by atoms with Crippen LogP contribution >= 0.6 is 11.3 Å². The van der Waals surface area contributed by atoms with Crippen LogP contribution in [0, 0.1) is 6.92 Å². The van der Waals surface area contributed by atoms with E-state index < -0.39 is 16.1 Å². The highest BCUT2D eigenvalue weighted by Gasteiger charge is 2.41. The van der Waals surface area contributed by atoms with Crippen molar-refractivity contribution < 1.29 is 13.2 Å². The van der Waals surface area contributed by atoms with Gasteiger partial charge in [0, 0.05) is 37.6 Å². The Balaban J connectivity index is 1.82. The first kappa shape index (κ1) is 15.9. The fourth-order valence-electron chi connectivity index (χ4n) is 3.04. The molecule has 2 aliphatic heterocycles. The second-order valence-corrected chi connectivity index (χ2v) is 9.12. The summed E-state index contributed by atoms with van der Waals surface area (Å²) in [6, 6.07) is 2.91. The summed E-state index contributed by atoms with van der Waals surface area (Å²) < 4.78 is 27.3. The molecule has 1 atom stereocenters. The Hall–Kier alpha value is -0.960. The predicted octanol–water partition coefficient (Wildman–Crippen LogP) is 0.641. The Bertz CT molecular complexity index is 650. The number of hydrogen-bond acceptors (Lipinski definition) is 5. The SMILES string of the molecule is Cc1ccc(S(=O)(=O)N2CCCC2C(=O)N2CCNCC2)s1. The number of sulfonamides is 1. The molecule has 1 unspecified atom stereocenters. The Labute approximate surface area is 135 Å². The number of nitrogens with zero attached hydrogens (tertiary/aromatic N) is 2. The van der Waals surface area contributed by atoms with Crippen LogP contribution in [0.5, 0.6) is 0 Å². The fourth-order valence-corrected chi connectivity index (χ4v) is 6.10. The molecule has 0 saturated carbocycles. The van der Waals surface area contributed by atoms with Crippen LogP contribution in [-0.4, -0.2) is 62.3 Å². The van der Waals surface area contributed by atoms with Crippen LogP contribution in [0.2, 0.25) is 0 Å². The van der Waals surface area contributed by atoms with Gasteiger partial charge in [-0.15, -0.1) is 11.3 Å². The van der Waals surface area contributed by atoms with E-state index in [0.29, 0.717) is 30.3 Å². The third-order valence-corrected chi connectivity index (χ3v) is 7.57. The molecular formula is C14H21N3O3S2. The minimum atomic E-state index is -3.56. The first-order valence-corrected chi connectivity index (χ1v) is 9.83. The number of carbonyl (C=O) groups excluding carboxylic acids is 1. The molecule has 1 aromatic heterocycles. The molecule has 1 amide bonds. The van der Waals surface area contributed by atoms with Crippen LogP contribution < -0.4 is 5.32 Å². The van der Waals surface area contributed by atoms with Gasteiger partial charge in [0.2, 0.25) is 5.91 Å². The van der Waals surface area contributed by atoms with Crippen LogP contribution in [0.1, 0.15) is 17.7 Å². The molecule has 3 heterocycles. The number of rotatable bonds is 3. The van der Waals surface area contributed by atoms with E-state index in [4.69, 9.17) is 0 Å². The molecule has 122 valence electrons. The van der Waals surface area contributed by atoms with Crippen LogP contribution in [0.25, 0.3) is 0 Å². The van der Waals surface area contributed by atoms with Crippen LogP contribution in [0.15, 0.2) is 16.3 Å². The topological polar surface area (TPSA) is 69.7 Å². The van der Waals surface area contributed by atoms with Crippen LogP contribution in [-0.2, 0) is 14.8 Å². The molecule has 0 radical (unpaired) electrons. The molecule has 0 aliphatic carbocycles. The van der Waals surface area contributed by atoms with Gasteiger partial charge in [0.1, 0.15) is 10.3 Å². The lowest BCUT2D eigenvalue weighted by Gasteiger charge is -2.32. The molecule has 3 rings (SSSR count). The maximum Gasteiger partial charge on any atom is 0.253 e. The van der Waals surface area contributed by atoms with Gasteiger partial charge >= 0.3 is 0 Å². The van der Waals surface area contributed by atoms with Crippen molar-refractivity contribution >= 4 is 27.3 Å². The van der Waals surface area contributed by atoms with E-state index in [-0.39, 0.29) is 5.91 Å². The van der Waals surface area contributed by atoms with E-state index in [1.807, 2.05) is 6.92 Å². The summed E-state index contributed by atoms with van der Waals surface area (Å²) in [5, 5.41) is 3.21. The van der Waals surface area contributed by atoms with E-state index in [1.165, 1.54) is 15.6 Å². The first-order valence-electron chi connectivity index (χ1n) is 7.58. The zero-order valence-electron chi connectivity index (χ0n) is 12.6. The van der Waals surface area contributed by atoms with Gasteiger partial charge in [0.05, 0.1) is 0 Å². The molecule has 22 heavy (non-hydrogen) atoms. The predicted molar refractivity (Wildman–Crippen MR) is 85.4 cm³/mol. The van der Waals surface area contributed by atoms with Crippen molar-refractivity contribution in [2.75, 3.05) is 32.7 Å². The van der Waals surface area contributed by atoms with Crippen LogP contribution in [0.3, 0.4) is 0 Å². The lowest BCUT2D eigenvalue weighted by molar-refractivity contribution is -0.135. The third kappa shape index (κ3) is 2.92. The molecule has 8 heteroatoms. The van der Waals surface area contributed by atoms with Gasteiger partial charge in [-0.25, -0.2) is 8.42 Å². The Kier molecular flexibility index (Phi) is 4.54. The second kappa shape index (κ2) is 6.27. The minimum Gasteiger partial charge on any atom is -0.339 e. The molecule has 0 aromatic carbocycles. The summed E-state index contributed by atoms with van der Waals surface area (Å²) >= 11 is 1.27. The number of thiophene rings is 1. The highest BCUT2D eigenvalue weighted by Crippen LogP contribution is 2.30. The maximum absolute atomic E-state index is 12.8. The van der Waals surface area contributed by atoms with Crippen molar-refractivity contribution in [3.05, 3.63) is 17.0 Å². The summed E-state index contributed by atoms with van der Waals surface area (Å²) in [6.45, 7) is 5.17. The molecule has 1 aromatic rings. The van der Waals surface area contributed by atoms with Gasteiger partial charge in [0.15, 0.2) is 0 Å². The third-order valence-electron chi connectivity index (χ3n) is 4.20. The highest BCUT2D eigenvalue weighted by molar-refractivity contribution is 7.91. The van der Waals surface area contributed by atoms with Crippen molar-refractivity contribution in [3.8, 4) is 0 Å². The average Bonchev–Trinajstić information content (AvgIpc) is 3.16. The summed E-state index contributed by atoms with van der Waals surface area (Å²) in [5.41, 5.74) is 0. The Morgan fingerprint density at radius 3 is 2.64 bits per heavy atom. The van der Waals surface area contributed by atoms with Crippen molar-refractivity contribution in [1.82, 2.24) is 14.5 Å². The van der Waals surface area contributed by atoms with E-state index in [1.54, 1.807) is 17.0 Å². The summed E-state index contributed by atoms with van der Waals surface area (Å²) in [7, 11) is -3.56. The standard InChI is InChI=1S/C14H21N3O3S2/c1-11-4-5-13(21-11)22(19,20)17-8-2-3-12(17)14(18)16-9-6-15-7-10-16/h4-5,12,15H,2-3,6-10H2,1H3. The number of piperazine rings is 1. The molecule has 2 fully saturated rings. The summed E-state index contributed by atoms with van der Waals surface area (Å²) in [5.74, 6) is -0.0455. The summed E-state index contributed by atoms with van der Waals surface area (Å²) in [6.07, 6.45) is 1.36. The normalized spacial score (nSPS) is 23.9. The van der Waals surface area contributed by atoms with Crippen molar-refractivity contribution in [1.29, 1.82) is 0 Å². The van der Waals surface area contributed by atoms with Gasteiger partial charge in [0.25, 0.3) is 10.0 Å². The lowest BCUT2D eigenvalue weighted by Crippen LogP contribution is -2.53. The van der Waals surface area contributed by atoms with Crippen molar-refractivity contribution in [2.24, 2.45) is 0 Å². The van der Waals surface area contributed by atoms with Crippen LogP contribution in [0.4, 0.5) is 0 Å². The van der Waals surface area contributed by atoms with E-state index in [2.05, 4.69) is 5.32 Å². The number of hydrogen-bond donors (Lipinski definition) is 1. The molecule has 6 nitrogen and oxygen atoms in total. The molecule has 1 N–H and O–H groups in total. The summed E-state index contributed by atoms with van der Waals surface area (Å²) in [4.78, 5) is 15.4. The minimum absolute atomic E-state index is 0.0455. The zero-order valence-corrected chi connectivity index (χ0v) is 14.3. The fraction of sp³-hybridized carbons (Fsp3) is 0.643. The average molecular weight is 343 g/mol. The van der Waals surface area contributed by atoms with Gasteiger partial charge in [-0.1, -0.05) is 0 Å². The number of amides is 1. The monoisotopic (exact) mass is 343 g/mol. The molecule has 0 spiro atoms. The number of aryl methyl sites for hydroxylation is 1.